The van der Waals surface area contributed by atoms with Crippen LogP contribution in [0.15, 0.2) is 59.5 Å². The van der Waals surface area contributed by atoms with Crippen LogP contribution >= 0.6 is 11.8 Å². The largest absolute Gasteiger partial charge is 0.456 e. The Labute approximate surface area is 163 Å². The van der Waals surface area contributed by atoms with Gasteiger partial charge < -0.3 is 10.1 Å². The Morgan fingerprint density at radius 1 is 1.04 bits per heavy atom. The van der Waals surface area contributed by atoms with Crippen molar-refractivity contribution in [3.63, 3.8) is 0 Å². The van der Waals surface area contributed by atoms with Gasteiger partial charge >= 0.3 is 5.97 Å². The Morgan fingerprint density at radius 2 is 1.70 bits per heavy atom. The van der Waals surface area contributed by atoms with Gasteiger partial charge in [0.05, 0.1) is 0 Å². The van der Waals surface area contributed by atoms with E-state index in [0.717, 1.165) is 11.3 Å². The summed E-state index contributed by atoms with van der Waals surface area (Å²) in [6.07, 6.45) is 1.23. The first kappa shape index (κ1) is 20.7. The van der Waals surface area contributed by atoms with E-state index in [1.807, 2.05) is 37.3 Å². The van der Waals surface area contributed by atoms with Crippen molar-refractivity contribution in [1.82, 2.24) is 0 Å². The highest BCUT2D eigenvalue weighted by atomic mass is 32.2. The molecule has 2 aromatic rings. The lowest BCUT2D eigenvalue weighted by Crippen LogP contribution is -2.21. The number of hydrogen-bond donors (Lipinski definition) is 1. The third kappa shape index (κ3) is 6.90. The first-order valence-corrected chi connectivity index (χ1v) is 9.69. The summed E-state index contributed by atoms with van der Waals surface area (Å²) in [5.74, 6) is -0.775. The molecule has 142 valence electrons. The highest BCUT2D eigenvalue weighted by molar-refractivity contribution is 8.00. The highest BCUT2D eigenvalue weighted by Crippen LogP contribution is 2.23. The van der Waals surface area contributed by atoms with Gasteiger partial charge in [0, 0.05) is 22.6 Å². The Kier molecular flexibility index (Phi) is 8.07. The van der Waals surface area contributed by atoms with Crippen LogP contribution in [0.1, 0.15) is 37.0 Å². The van der Waals surface area contributed by atoms with Crippen molar-refractivity contribution in [2.45, 2.75) is 36.8 Å². The number of Topliss-reactive ketones (excluding diaryl/α,β-unsaturated/α-hetero) is 1. The number of benzene rings is 2. The summed E-state index contributed by atoms with van der Waals surface area (Å²) in [7, 11) is 0. The lowest BCUT2D eigenvalue weighted by molar-refractivity contribution is -0.141. The molecule has 0 saturated carbocycles. The third-order valence-corrected chi connectivity index (χ3v) is 4.79. The van der Waals surface area contributed by atoms with Gasteiger partial charge in [-0.25, -0.2) is 0 Å². The van der Waals surface area contributed by atoms with Crippen LogP contribution in [0.4, 0.5) is 5.69 Å². The summed E-state index contributed by atoms with van der Waals surface area (Å²) in [6, 6.07) is 16.1. The van der Waals surface area contributed by atoms with Gasteiger partial charge in [-0.15, -0.1) is 11.8 Å². The minimum Gasteiger partial charge on any atom is -0.456 e. The normalized spacial score (nSPS) is 11.5. The molecule has 6 heteroatoms. The van der Waals surface area contributed by atoms with E-state index in [1.54, 1.807) is 31.2 Å². The number of hydrogen-bond acceptors (Lipinski definition) is 5. The maximum absolute atomic E-state index is 12.2. The van der Waals surface area contributed by atoms with Gasteiger partial charge in [0.2, 0.25) is 5.91 Å². The molecule has 0 aromatic heterocycles. The molecule has 0 radical (unpaired) electrons. The molecule has 1 atom stereocenters. The summed E-state index contributed by atoms with van der Waals surface area (Å²) in [4.78, 5) is 36.8. The summed E-state index contributed by atoms with van der Waals surface area (Å²) in [6.45, 7) is 3.38. The quantitative estimate of drug-likeness (QED) is 0.395. The number of ether oxygens (including phenoxy) is 1. The van der Waals surface area contributed by atoms with E-state index in [9.17, 15) is 14.4 Å². The molecule has 1 amide bonds. The molecule has 0 bridgehead atoms. The average molecular weight is 385 g/mol. The SMILES string of the molecule is CCCC(=O)Nc1ccc(C(=O)COC(=O)C(C)Sc2ccccc2)cc1. The Balaban J connectivity index is 1.82. The second kappa shape index (κ2) is 10.5. The second-order valence-corrected chi connectivity index (χ2v) is 7.39. The Hall–Kier alpha value is -2.60. The van der Waals surface area contributed by atoms with Crippen LogP contribution in [0.3, 0.4) is 0 Å². The number of rotatable bonds is 9. The van der Waals surface area contributed by atoms with Crippen LogP contribution in [0.2, 0.25) is 0 Å². The molecule has 2 aromatic carbocycles. The molecule has 5 nitrogen and oxygen atoms in total. The summed E-state index contributed by atoms with van der Waals surface area (Å²) < 4.78 is 5.14. The van der Waals surface area contributed by atoms with Crippen molar-refractivity contribution in [2.24, 2.45) is 0 Å². The van der Waals surface area contributed by atoms with Crippen LogP contribution in [0.5, 0.6) is 0 Å². The summed E-state index contributed by atoms with van der Waals surface area (Å²) in [5.41, 5.74) is 1.06. The predicted molar refractivity (Wildman–Crippen MR) is 107 cm³/mol. The molecule has 0 aliphatic rings. The van der Waals surface area contributed by atoms with E-state index in [-0.39, 0.29) is 18.3 Å². The maximum Gasteiger partial charge on any atom is 0.319 e. The number of nitrogens with one attached hydrogen (secondary N) is 1. The van der Waals surface area contributed by atoms with E-state index in [0.29, 0.717) is 17.7 Å². The Morgan fingerprint density at radius 3 is 2.33 bits per heavy atom. The topological polar surface area (TPSA) is 72.5 Å². The van der Waals surface area contributed by atoms with Crippen molar-refractivity contribution < 1.29 is 19.1 Å². The van der Waals surface area contributed by atoms with Crippen molar-refractivity contribution in [3.05, 3.63) is 60.2 Å². The number of esters is 1. The molecule has 1 N–H and O–H groups in total. The highest BCUT2D eigenvalue weighted by Gasteiger charge is 2.18. The zero-order valence-electron chi connectivity index (χ0n) is 15.4. The van der Waals surface area contributed by atoms with E-state index in [1.165, 1.54) is 11.8 Å². The van der Waals surface area contributed by atoms with E-state index in [2.05, 4.69) is 5.32 Å². The van der Waals surface area contributed by atoms with E-state index >= 15 is 0 Å². The van der Waals surface area contributed by atoms with Gasteiger partial charge in [-0.05, 0) is 49.7 Å². The molecule has 0 aliphatic heterocycles. The van der Waals surface area contributed by atoms with Gasteiger partial charge in [0.1, 0.15) is 5.25 Å². The zero-order chi connectivity index (χ0) is 19.6. The third-order valence-electron chi connectivity index (χ3n) is 3.70. The van der Waals surface area contributed by atoms with Crippen LogP contribution in [-0.4, -0.2) is 29.5 Å². The van der Waals surface area contributed by atoms with Gasteiger partial charge in [-0.2, -0.15) is 0 Å². The monoisotopic (exact) mass is 385 g/mol. The molecule has 1 unspecified atom stereocenters. The van der Waals surface area contributed by atoms with E-state index in [4.69, 9.17) is 4.74 Å². The summed E-state index contributed by atoms with van der Waals surface area (Å²) >= 11 is 1.38. The van der Waals surface area contributed by atoms with Crippen LogP contribution in [0, 0.1) is 0 Å². The van der Waals surface area contributed by atoms with Crippen LogP contribution in [-0.2, 0) is 14.3 Å². The molecule has 27 heavy (non-hydrogen) atoms. The maximum atomic E-state index is 12.2. The number of amides is 1. The fraction of sp³-hybridized carbons (Fsp3) is 0.286. The molecule has 0 aliphatic carbocycles. The van der Waals surface area contributed by atoms with Gasteiger partial charge in [-0.1, -0.05) is 25.1 Å². The van der Waals surface area contributed by atoms with Crippen LogP contribution < -0.4 is 5.32 Å². The fourth-order valence-corrected chi connectivity index (χ4v) is 3.17. The molecule has 0 fully saturated rings. The minimum absolute atomic E-state index is 0.0598. The molecule has 2 rings (SSSR count). The first-order chi connectivity index (χ1) is 13.0. The number of thioether (sulfide) groups is 1. The van der Waals surface area contributed by atoms with Crippen molar-refractivity contribution in [2.75, 3.05) is 11.9 Å². The standard InChI is InChI=1S/C21H23NO4S/c1-3-7-20(24)22-17-12-10-16(11-13-17)19(23)14-26-21(25)15(2)27-18-8-5-4-6-9-18/h4-6,8-13,15H,3,7,14H2,1-2H3,(H,22,24). The number of ketones is 1. The van der Waals surface area contributed by atoms with Gasteiger partial charge in [-0.3, -0.25) is 14.4 Å². The van der Waals surface area contributed by atoms with Crippen molar-refractivity contribution in [3.8, 4) is 0 Å². The smallest absolute Gasteiger partial charge is 0.319 e. The molecule has 0 saturated heterocycles. The van der Waals surface area contributed by atoms with E-state index < -0.39 is 11.2 Å². The zero-order valence-corrected chi connectivity index (χ0v) is 16.3. The van der Waals surface area contributed by atoms with Crippen LogP contribution in [0.25, 0.3) is 0 Å². The Bertz CT molecular complexity index is 775. The molecular formula is C21H23NO4S. The first-order valence-electron chi connectivity index (χ1n) is 8.81. The van der Waals surface area contributed by atoms with Gasteiger partial charge in [0.25, 0.3) is 0 Å². The minimum atomic E-state index is -0.430. The van der Waals surface area contributed by atoms with Crippen molar-refractivity contribution >= 4 is 35.1 Å². The average Bonchev–Trinajstić information content (AvgIpc) is 2.67. The second-order valence-electron chi connectivity index (χ2n) is 5.98. The van der Waals surface area contributed by atoms with Gasteiger partial charge in [0.15, 0.2) is 12.4 Å². The fourth-order valence-electron chi connectivity index (χ4n) is 2.28. The predicted octanol–water partition coefficient (Wildman–Crippen LogP) is 4.33. The number of carbonyl (C=O) groups is 3. The lowest BCUT2D eigenvalue weighted by Gasteiger charge is -2.11. The number of carbonyl (C=O) groups excluding carboxylic acids is 3. The summed E-state index contributed by atoms with van der Waals surface area (Å²) in [5, 5.41) is 2.35. The van der Waals surface area contributed by atoms with Crippen molar-refractivity contribution in [1.29, 1.82) is 0 Å². The molecule has 0 heterocycles. The number of anilines is 1. The lowest BCUT2D eigenvalue weighted by atomic mass is 10.1. The molecule has 0 spiro atoms. The molecular weight excluding hydrogens is 362 g/mol.